The monoisotopic (exact) mass is 231 g/mol. The number of nitrogens with two attached hydrogens (primary N) is 1. The minimum Gasteiger partial charge on any atom is -0.324 e. The first-order valence-electron chi connectivity index (χ1n) is 5.63. The molecule has 2 aromatic rings. The molecule has 0 amide bonds. The molecule has 0 saturated carbocycles. The largest absolute Gasteiger partial charge is 0.324 e. The molecule has 2 aromatic heterocycles. The van der Waals surface area contributed by atoms with Crippen molar-refractivity contribution >= 4 is 0 Å². The van der Waals surface area contributed by atoms with Crippen LogP contribution in [-0.4, -0.2) is 20.0 Å². The lowest BCUT2D eigenvalue weighted by Crippen LogP contribution is -2.08. The molecule has 0 fully saturated rings. The van der Waals surface area contributed by atoms with Crippen molar-refractivity contribution < 1.29 is 0 Å². The summed E-state index contributed by atoms with van der Waals surface area (Å²) in [5, 5.41) is 12.6. The van der Waals surface area contributed by atoms with Gasteiger partial charge in [-0.25, -0.2) is 4.68 Å². The van der Waals surface area contributed by atoms with Gasteiger partial charge < -0.3 is 5.73 Å². The van der Waals surface area contributed by atoms with Crippen molar-refractivity contribution in [3.63, 3.8) is 0 Å². The summed E-state index contributed by atoms with van der Waals surface area (Å²) in [5.41, 5.74) is 9.88. The molecule has 5 heteroatoms. The van der Waals surface area contributed by atoms with Crippen LogP contribution in [0, 0.1) is 20.8 Å². The van der Waals surface area contributed by atoms with Crippen LogP contribution in [0.4, 0.5) is 0 Å². The molecule has 0 radical (unpaired) electrons. The van der Waals surface area contributed by atoms with E-state index in [0.29, 0.717) is 0 Å². The second-order valence-corrected chi connectivity index (χ2v) is 4.32. The van der Waals surface area contributed by atoms with Gasteiger partial charge in [-0.3, -0.25) is 0 Å². The lowest BCUT2D eigenvalue weighted by molar-refractivity contribution is 0.768. The van der Waals surface area contributed by atoms with Gasteiger partial charge in [-0.1, -0.05) is 0 Å². The highest BCUT2D eigenvalue weighted by molar-refractivity contribution is 5.33. The Bertz CT molecular complexity index is 525. The number of nitrogens with zero attached hydrogens (tertiary/aromatic N) is 4. The van der Waals surface area contributed by atoms with Crippen molar-refractivity contribution in [2.45, 2.75) is 33.7 Å². The van der Waals surface area contributed by atoms with Crippen LogP contribution < -0.4 is 5.73 Å². The van der Waals surface area contributed by atoms with E-state index < -0.39 is 0 Å². The summed E-state index contributed by atoms with van der Waals surface area (Å²) < 4.78 is 1.79. The van der Waals surface area contributed by atoms with Gasteiger partial charge in [-0.05, 0) is 39.8 Å². The van der Waals surface area contributed by atoms with E-state index in [9.17, 15) is 0 Å². The smallest absolute Gasteiger partial charge is 0.175 e. The van der Waals surface area contributed by atoms with Crippen LogP contribution >= 0.6 is 0 Å². The minimum atomic E-state index is -0.0258. The number of hydrogen-bond donors (Lipinski definition) is 1. The van der Waals surface area contributed by atoms with Gasteiger partial charge in [0.15, 0.2) is 5.82 Å². The van der Waals surface area contributed by atoms with Crippen LogP contribution in [0.3, 0.4) is 0 Å². The lowest BCUT2D eigenvalue weighted by atomic mass is 10.1. The van der Waals surface area contributed by atoms with E-state index in [0.717, 1.165) is 28.5 Å². The van der Waals surface area contributed by atoms with Gasteiger partial charge in [0, 0.05) is 17.3 Å². The molecule has 0 aromatic carbocycles. The molecule has 2 rings (SSSR count). The van der Waals surface area contributed by atoms with Gasteiger partial charge >= 0.3 is 0 Å². The first kappa shape index (κ1) is 11.7. The lowest BCUT2D eigenvalue weighted by Gasteiger charge is -2.06. The minimum absolute atomic E-state index is 0.0258. The number of hydrogen-bond acceptors (Lipinski definition) is 4. The summed E-state index contributed by atoms with van der Waals surface area (Å²) in [7, 11) is 0. The maximum Gasteiger partial charge on any atom is 0.175 e. The van der Waals surface area contributed by atoms with Crippen molar-refractivity contribution in [2.24, 2.45) is 5.73 Å². The van der Waals surface area contributed by atoms with Crippen LogP contribution in [0.5, 0.6) is 0 Å². The molecular weight excluding hydrogens is 214 g/mol. The standard InChI is InChI=1S/C12H17N5/c1-7-5-6-11(15-14-7)17-10(4)12(8(2)13)9(3)16-17/h5-6,8H,13H2,1-4H3. The van der Waals surface area contributed by atoms with E-state index in [1.807, 2.05) is 39.8 Å². The zero-order valence-electron chi connectivity index (χ0n) is 10.6. The highest BCUT2D eigenvalue weighted by Gasteiger charge is 2.16. The maximum absolute atomic E-state index is 5.94. The Labute approximate surface area is 101 Å². The van der Waals surface area contributed by atoms with Gasteiger partial charge in [0.2, 0.25) is 0 Å². The van der Waals surface area contributed by atoms with Crippen molar-refractivity contribution in [1.29, 1.82) is 0 Å². The first-order valence-corrected chi connectivity index (χ1v) is 5.63. The summed E-state index contributed by atoms with van der Waals surface area (Å²) in [5.74, 6) is 0.725. The van der Waals surface area contributed by atoms with E-state index in [1.165, 1.54) is 0 Å². The first-order chi connectivity index (χ1) is 8.00. The van der Waals surface area contributed by atoms with Crippen LogP contribution in [-0.2, 0) is 0 Å². The van der Waals surface area contributed by atoms with E-state index in [-0.39, 0.29) is 6.04 Å². The van der Waals surface area contributed by atoms with Crippen molar-refractivity contribution in [2.75, 3.05) is 0 Å². The third-order valence-electron chi connectivity index (χ3n) is 2.80. The fourth-order valence-corrected chi connectivity index (χ4v) is 2.04. The molecule has 0 bridgehead atoms. The summed E-state index contributed by atoms with van der Waals surface area (Å²) in [6, 6.07) is 3.80. The van der Waals surface area contributed by atoms with Crippen LogP contribution in [0.25, 0.3) is 5.82 Å². The van der Waals surface area contributed by atoms with Gasteiger partial charge in [-0.15, -0.1) is 5.10 Å². The van der Waals surface area contributed by atoms with E-state index >= 15 is 0 Å². The predicted molar refractivity (Wildman–Crippen MR) is 66.0 cm³/mol. The SMILES string of the molecule is Cc1ccc(-n2nc(C)c(C(C)N)c2C)nn1. The molecule has 17 heavy (non-hydrogen) atoms. The van der Waals surface area contributed by atoms with E-state index in [1.54, 1.807) is 4.68 Å². The molecule has 2 heterocycles. The number of aryl methyl sites for hydroxylation is 2. The zero-order chi connectivity index (χ0) is 12.6. The third-order valence-corrected chi connectivity index (χ3v) is 2.80. The Kier molecular flexibility index (Phi) is 2.93. The predicted octanol–water partition coefficient (Wildman–Crippen LogP) is 1.61. The molecule has 5 nitrogen and oxygen atoms in total. The molecule has 1 unspecified atom stereocenters. The summed E-state index contributed by atoms with van der Waals surface area (Å²) in [6.45, 7) is 7.83. The van der Waals surface area contributed by atoms with Crippen molar-refractivity contribution in [1.82, 2.24) is 20.0 Å². The fourth-order valence-electron chi connectivity index (χ4n) is 2.04. The summed E-state index contributed by atoms with van der Waals surface area (Å²) in [4.78, 5) is 0. The molecule has 2 N–H and O–H groups in total. The van der Waals surface area contributed by atoms with E-state index in [4.69, 9.17) is 5.73 Å². The normalized spacial score (nSPS) is 12.8. The van der Waals surface area contributed by atoms with Crippen molar-refractivity contribution in [3.05, 3.63) is 34.8 Å². The molecular formula is C12H17N5. The Morgan fingerprint density at radius 2 is 1.88 bits per heavy atom. The summed E-state index contributed by atoms with van der Waals surface area (Å²) in [6.07, 6.45) is 0. The maximum atomic E-state index is 5.94. The molecule has 0 aliphatic carbocycles. The third kappa shape index (κ3) is 2.06. The summed E-state index contributed by atoms with van der Waals surface area (Å²) >= 11 is 0. The van der Waals surface area contributed by atoms with Gasteiger partial charge in [0.1, 0.15) is 0 Å². The topological polar surface area (TPSA) is 69.6 Å². The highest BCUT2D eigenvalue weighted by Crippen LogP contribution is 2.21. The van der Waals surface area contributed by atoms with Gasteiger partial charge in [0.25, 0.3) is 0 Å². The van der Waals surface area contributed by atoms with Gasteiger partial charge in [-0.2, -0.15) is 10.2 Å². The molecule has 0 saturated heterocycles. The molecule has 90 valence electrons. The Hall–Kier alpha value is -1.75. The molecule has 0 aliphatic heterocycles. The zero-order valence-corrected chi connectivity index (χ0v) is 10.6. The Morgan fingerprint density at radius 1 is 1.18 bits per heavy atom. The Balaban J connectivity index is 2.53. The average Bonchev–Trinajstić information content (AvgIpc) is 2.55. The van der Waals surface area contributed by atoms with Crippen molar-refractivity contribution in [3.8, 4) is 5.82 Å². The fraction of sp³-hybridized carbons (Fsp3) is 0.417. The molecule has 1 atom stereocenters. The van der Waals surface area contributed by atoms with Crippen LogP contribution in [0.1, 0.15) is 35.6 Å². The van der Waals surface area contributed by atoms with Crippen LogP contribution in [0.2, 0.25) is 0 Å². The Morgan fingerprint density at radius 3 is 2.35 bits per heavy atom. The van der Waals surface area contributed by atoms with E-state index in [2.05, 4.69) is 15.3 Å². The van der Waals surface area contributed by atoms with Crippen LogP contribution in [0.15, 0.2) is 12.1 Å². The average molecular weight is 231 g/mol. The van der Waals surface area contributed by atoms with Gasteiger partial charge in [0.05, 0.1) is 11.4 Å². The number of rotatable bonds is 2. The quantitative estimate of drug-likeness (QED) is 0.852. The highest BCUT2D eigenvalue weighted by atomic mass is 15.3. The molecule has 0 aliphatic rings. The second kappa shape index (κ2) is 4.25. The number of aromatic nitrogens is 4. The molecule has 0 spiro atoms. The second-order valence-electron chi connectivity index (χ2n) is 4.32.